The van der Waals surface area contributed by atoms with E-state index in [4.69, 9.17) is 20.8 Å². The fraction of sp³-hybridized carbons (Fsp3) is 0.419. The van der Waals surface area contributed by atoms with Gasteiger partial charge in [0.1, 0.15) is 5.60 Å². The number of carbonyl (C=O) groups is 2. The number of rotatable bonds is 11. The molecule has 2 aromatic rings. The Kier molecular flexibility index (Phi) is 10.4. The molecular weight excluding hydrogens is 544 g/mol. The molecule has 0 fully saturated rings. The van der Waals surface area contributed by atoms with E-state index >= 15 is 0 Å². The summed E-state index contributed by atoms with van der Waals surface area (Å²) in [5, 5.41) is 15.3. The first-order valence-corrected chi connectivity index (χ1v) is 16.8. The van der Waals surface area contributed by atoms with Gasteiger partial charge in [-0.05, 0) is 54.2 Å². The molecular formula is C31H41ClN2O5Si. The van der Waals surface area contributed by atoms with Gasteiger partial charge >= 0.3 is 6.09 Å². The molecule has 3 rings (SSSR count). The fourth-order valence-electron chi connectivity index (χ4n) is 4.18. The minimum Gasteiger partial charge on any atom is -0.465 e. The number of halogens is 1. The van der Waals surface area contributed by atoms with E-state index in [2.05, 4.69) is 44.5 Å². The zero-order chi connectivity index (χ0) is 29.6. The second kappa shape index (κ2) is 13.2. The third kappa shape index (κ3) is 8.30. The second-order valence-corrected chi connectivity index (χ2v) is 16.9. The number of hydrogen-bond acceptors (Lipinski definition) is 4. The zero-order valence-electron chi connectivity index (χ0n) is 24.3. The van der Waals surface area contributed by atoms with Crippen LogP contribution in [0.2, 0.25) is 18.1 Å². The van der Waals surface area contributed by atoms with Crippen LogP contribution in [0.25, 0.3) is 11.1 Å². The summed E-state index contributed by atoms with van der Waals surface area (Å²) in [6.45, 7) is 11.4. The number of anilines is 1. The summed E-state index contributed by atoms with van der Waals surface area (Å²) < 4.78 is 12.3. The lowest BCUT2D eigenvalue weighted by molar-refractivity contribution is -0.120. The molecule has 1 atom stereocenters. The van der Waals surface area contributed by atoms with E-state index in [0.717, 1.165) is 16.7 Å². The zero-order valence-corrected chi connectivity index (χ0v) is 26.0. The van der Waals surface area contributed by atoms with Crippen LogP contribution < -0.4 is 10.6 Å². The molecule has 1 aliphatic rings. The molecule has 2 amide bonds. The van der Waals surface area contributed by atoms with Crippen LogP contribution in [0.1, 0.15) is 45.6 Å². The van der Waals surface area contributed by atoms with Crippen LogP contribution in [0.15, 0.2) is 71.4 Å². The summed E-state index contributed by atoms with van der Waals surface area (Å²) in [4.78, 5) is 24.2. The monoisotopic (exact) mass is 584 g/mol. The van der Waals surface area contributed by atoms with Crippen LogP contribution in [-0.4, -0.2) is 44.7 Å². The van der Waals surface area contributed by atoms with Gasteiger partial charge in [0.2, 0.25) is 5.91 Å². The maximum atomic E-state index is 12.9. The lowest BCUT2D eigenvalue weighted by Crippen LogP contribution is -2.47. The summed E-state index contributed by atoms with van der Waals surface area (Å²) in [7, 11) is -0.349. The molecule has 1 unspecified atom stereocenters. The maximum absolute atomic E-state index is 12.9. The van der Waals surface area contributed by atoms with Gasteiger partial charge in [-0.2, -0.15) is 0 Å². The van der Waals surface area contributed by atoms with Gasteiger partial charge in [-0.1, -0.05) is 80.9 Å². The number of allylic oxidation sites excluding steroid dienone is 1. The Morgan fingerprint density at radius 3 is 2.42 bits per heavy atom. The van der Waals surface area contributed by atoms with Crippen LogP contribution in [0.5, 0.6) is 0 Å². The molecule has 0 spiro atoms. The highest BCUT2D eigenvalue weighted by Crippen LogP contribution is 2.39. The highest BCUT2D eigenvalue weighted by atomic mass is 35.5. The van der Waals surface area contributed by atoms with Crippen molar-refractivity contribution < 1.29 is 23.9 Å². The van der Waals surface area contributed by atoms with Crippen molar-refractivity contribution in [2.24, 2.45) is 0 Å². The lowest BCUT2D eigenvalue weighted by Gasteiger charge is -2.40. The Hall–Kier alpha value is -2.91. The van der Waals surface area contributed by atoms with Crippen LogP contribution in [0, 0.1) is 0 Å². The second-order valence-electron chi connectivity index (χ2n) is 11.7. The summed E-state index contributed by atoms with van der Waals surface area (Å²) in [6, 6.07) is 15.3. The van der Waals surface area contributed by atoms with Crippen molar-refractivity contribution in [3.05, 3.63) is 77.0 Å². The summed E-state index contributed by atoms with van der Waals surface area (Å²) >= 11 is 6.46. The number of carboxylic acid groups (broad SMARTS) is 1. The molecule has 1 aliphatic carbocycles. The van der Waals surface area contributed by atoms with Crippen LogP contribution in [0.4, 0.5) is 10.5 Å². The van der Waals surface area contributed by atoms with E-state index in [9.17, 15) is 14.7 Å². The summed E-state index contributed by atoms with van der Waals surface area (Å²) in [5.74, 6) is -0.153. The van der Waals surface area contributed by atoms with E-state index in [1.54, 1.807) is 7.11 Å². The van der Waals surface area contributed by atoms with E-state index in [0.29, 0.717) is 42.3 Å². The van der Waals surface area contributed by atoms with Crippen molar-refractivity contribution in [2.75, 3.05) is 19.0 Å². The van der Waals surface area contributed by atoms with E-state index < -0.39 is 20.0 Å². The number of methoxy groups -OCH3 is 1. The Bertz CT molecular complexity index is 1270. The topological polar surface area (TPSA) is 96.9 Å². The SMILES string of the molecule is COC1(CO[Si](C)(C)C(C)(C)C)C=C(NC(=O)CCCc2ccc(-c3ccccc3)c(NC(=O)O)c2)C(Cl)=CC1. The van der Waals surface area contributed by atoms with Gasteiger partial charge in [-0.15, -0.1) is 0 Å². The average molecular weight is 585 g/mol. The molecule has 0 aliphatic heterocycles. The number of hydrogen-bond donors (Lipinski definition) is 3. The third-order valence-corrected chi connectivity index (χ3v) is 12.6. The molecule has 0 aromatic heterocycles. The van der Waals surface area contributed by atoms with Crippen molar-refractivity contribution in [1.29, 1.82) is 0 Å². The standard InChI is InChI=1S/C31H41ClN2O5Si/c1-30(2,3)40(5,6)39-21-31(38-4)18-17-25(32)27(20-31)33-28(35)14-10-11-22-15-16-24(23-12-8-7-9-13-23)26(19-22)34-29(36)37/h7-9,12-13,15-17,19-20,34H,10-11,14,18,21H2,1-6H3,(H,33,35)(H,36,37). The Morgan fingerprint density at radius 1 is 1.10 bits per heavy atom. The summed E-state index contributed by atoms with van der Waals surface area (Å²) in [5.41, 5.74) is 3.00. The van der Waals surface area contributed by atoms with Gasteiger partial charge in [-0.3, -0.25) is 10.1 Å². The van der Waals surface area contributed by atoms with Gasteiger partial charge in [0, 0.05) is 25.5 Å². The number of aryl methyl sites for hydroxylation is 1. The normalized spacial score (nSPS) is 17.6. The molecule has 0 heterocycles. The molecule has 9 heteroatoms. The highest BCUT2D eigenvalue weighted by molar-refractivity contribution is 6.74. The van der Waals surface area contributed by atoms with Crippen LogP contribution >= 0.6 is 11.6 Å². The smallest absolute Gasteiger partial charge is 0.409 e. The van der Waals surface area contributed by atoms with E-state index in [1.807, 2.05) is 60.7 Å². The van der Waals surface area contributed by atoms with Crippen LogP contribution in [-0.2, 0) is 20.4 Å². The minimum absolute atomic E-state index is 0.0666. The predicted molar refractivity (Wildman–Crippen MR) is 164 cm³/mol. The number of carbonyl (C=O) groups excluding carboxylic acids is 1. The summed E-state index contributed by atoms with van der Waals surface area (Å²) in [6.07, 6.45) is 4.64. The lowest BCUT2D eigenvalue weighted by atomic mass is 9.94. The van der Waals surface area contributed by atoms with Crippen molar-refractivity contribution in [3.63, 3.8) is 0 Å². The third-order valence-electron chi connectivity index (χ3n) is 7.74. The van der Waals surface area contributed by atoms with Crippen molar-refractivity contribution >= 4 is 37.6 Å². The van der Waals surface area contributed by atoms with Crippen molar-refractivity contribution in [3.8, 4) is 11.1 Å². The molecule has 3 N–H and O–H groups in total. The number of ether oxygens (including phenoxy) is 1. The van der Waals surface area contributed by atoms with Gasteiger partial charge in [0.15, 0.2) is 8.32 Å². The molecule has 0 saturated heterocycles. The minimum atomic E-state index is -2.00. The predicted octanol–water partition coefficient (Wildman–Crippen LogP) is 7.70. The van der Waals surface area contributed by atoms with Gasteiger partial charge < -0.3 is 19.6 Å². The van der Waals surface area contributed by atoms with Crippen LogP contribution in [0.3, 0.4) is 0 Å². The Labute approximate surface area is 243 Å². The van der Waals surface area contributed by atoms with Crippen molar-refractivity contribution in [1.82, 2.24) is 5.32 Å². The number of benzene rings is 2. The molecule has 7 nitrogen and oxygen atoms in total. The van der Waals surface area contributed by atoms with E-state index in [-0.39, 0.29) is 17.4 Å². The van der Waals surface area contributed by atoms with Gasteiger partial charge in [0.05, 0.1) is 23.0 Å². The maximum Gasteiger partial charge on any atom is 0.409 e. The van der Waals surface area contributed by atoms with Crippen molar-refractivity contribution in [2.45, 2.75) is 70.2 Å². The van der Waals surface area contributed by atoms with Gasteiger partial charge in [0.25, 0.3) is 0 Å². The Morgan fingerprint density at radius 2 is 1.80 bits per heavy atom. The first-order chi connectivity index (χ1) is 18.7. The highest BCUT2D eigenvalue weighted by Gasteiger charge is 2.41. The largest absolute Gasteiger partial charge is 0.465 e. The van der Waals surface area contributed by atoms with E-state index in [1.165, 1.54) is 0 Å². The molecule has 216 valence electrons. The molecule has 0 radical (unpaired) electrons. The fourth-order valence-corrected chi connectivity index (χ4v) is 5.40. The average Bonchev–Trinajstić information content (AvgIpc) is 2.89. The Balaban J connectivity index is 1.63. The number of amides is 2. The quantitative estimate of drug-likeness (QED) is 0.235. The first-order valence-electron chi connectivity index (χ1n) is 13.5. The number of nitrogens with one attached hydrogen (secondary N) is 2. The molecule has 0 saturated carbocycles. The molecule has 40 heavy (non-hydrogen) atoms. The molecule has 0 bridgehead atoms. The molecule has 2 aromatic carbocycles. The first kappa shape index (κ1) is 31.6. The van der Waals surface area contributed by atoms with Gasteiger partial charge in [-0.25, -0.2) is 4.79 Å².